The van der Waals surface area contributed by atoms with Crippen molar-refractivity contribution in [3.63, 3.8) is 0 Å². The largest absolute Gasteiger partial charge is 0.321 e. The van der Waals surface area contributed by atoms with E-state index in [0.717, 1.165) is 22.5 Å². The van der Waals surface area contributed by atoms with Crippen LogP contribution in [0.4, 0.5) is 10.1 Å². The fourth-order valence-electron chi connectivity index (χ4n) is 3.32. The summed E-state index contributed by atoms with van der Waals surface area (Å²) in [6.45, 7) is 0. The van der Waals surface area contributed by atoms with Crippen LogP contribution in [0.2, 0.25) is 0 Å². The first-order valence-corrected chi connectivity index (χ1v) is 9.08. The van der Waals surface area contributed by atoms with Gasteiger partial charge in [0.15, 0.2) is 0 Å². The molecule has 6 heteroatoms. The Morgan fingerprint density at radius 3 is 2.55 bits per heavy atom. The number of rotatable bonds is 3. The predicted molar refractivity (Wildman–Crippen MR) is 110 cm³/mol. The summed E-state index contributed by atoms with van der Waals surface area (Å²) in [4.78, 5) is 12.2. The van der Waals surface area contributed by atoms with Crippen LogP contribution in [-0.2, 0) is 4.79 Å². The van der Waals surface area contributed by atoms with Crippen molar-refractivity contribution in [3.05, 3.63) is 95.9 Å². The Morgan fingerprint density at radius 2 is 1.76 bits per heavy atom. The summed E-state index contributed by atoms with van der Waals surface area (Å²) in [6.07, 6.45) is 3.62. The van der Waals surface area contributed by atoms with Gasteiger partial charge in [0.25, 0.3) is 5.91 Å². The topological polar surface area (TPSA) is 59.8 Å². The molecule has 1 amide bonds. The van der Waals surface area contributed by atoms with Gasteiger partial charge in [0, 0.05) is 22.4 Å². The van der Waals surface area contributed by atoms with Crippen molar-refractivity contribution in [2.24, 2.45) is 0 Å². The molecule has 140 valence electrons. The van der Waals surface area contributed by atoms with E-state index < -0.39 is 0 Å². The van der Waals surface area contributed by atoms with Crippen molar-refractivity contribution in [3.8, 4) is 16.9 Å². The third-order valence-corrected chi connectivity index (χ3v) is 4.80. The summed E-state index contributed by atoms with van der Waals surface area (Å²) in [6, 6.07) is 21.7. The lowest BCUT2D eigenvalue weighted by atomic mass is 10.0. The lowest BCUT2D eigenvalue weighted by molar-refractivity contribution is -0.110. The molecular weight excluding hydrogens is 367 g/mol. The number of aromatic nitrogens is 3. The molecule has 1 aliphatic rings. The van der Waals surface area contributed by atoms with E-state index in [1.54, 1.807) is 16.8 Å². The number of halogens is 1. The van der Waals surface area contributed by atoms with Crippen molar-refractivity contribution in [1.82, 2.24) is 15.0 Å². The number of fused-ring (bicyclic) bond motifs is 1. The molecule has 1 N–H and O–H groups in total. The van der Waals surface area contributed by atoms with Crippen LogP contribution in [0.1, 0.15) is 11.1 Å². The van der Waals surface area contributed by atoms with Gasteiger partial charge in [0.1, 0.15) is 11.5 Å². The van der Waals surface area contributed by atoms with Gasteiger partial charge < -0.3 is 5.32 Å². The summed E-state index contributed by atoms with van der Waals surface area (Å²) < 4.78 is 15.3. The van der Waals surface area contributed by atoms with Crippen LogP contribution in [0.5, 0.6) is 0 Å². The normalized spacial score (nSPS) is 14.1. The van der Waals surface area contributed by atoms with Gasteiger partial charge in [-0.25, -0.2) is 9.07 Å². The summed E-state index contributed by atoms with van der Waals surface area (Å²) in [5.41, 5.74) is 5.08. The van der Waals surface area contributed by atoms with E-state index in [1.807, 2.05) is 60.8 Å². The number of hydrogen-bond acceptors (Lipinski definition) is 3. The number of anilines is 1. The van der Waals surface area contributed by atoms with Crippen LogP contribution >= 0.6 is 0 Å². The number of carbonyl (C=O) groups is 1. The van der Waals surface area contributed by atoms with E-state index in [-0.39, 0.29) is 11.7 Å². The van der Waals surface area contributed by atoms with Gasteiger partial charge in [0.05, 0.1) is 11.9 Å². The van der Waals surface area contributed by atoms with Gasteiger partial charge in [-0.2, -0.15) is 0 Å². The molecular formula is C23H15FN4O. The van der Waals surface area contributed by atoms with E-state index in [1.165, 1.54) is 12.1 Å². The Balaban J connectivity index is 1.43. The van der Waals surface area contributed by atoms with Gasteiger partial charge in [-0.15, -0.1) is 5.10 Å². The predicted octanol–water partition coefficient (Wildman–Crippen LogP) is 4.57. The molecule has 3 aromatic carbocycles. The summed E-state index contributed by atoms with van der Waals surface area (Å²) in [5.74, 6) is -0.608. The van der Waals surface area contributed by atoms with Gasteiger partial charge in [-0.3, -0.25) is 4.79 Å². The second-order valence-corrected chi connectivity index (χ2v) is 6.71. The molecule has 29 heavy (non-hydrogen) atoms. The quantitative estimate of drug-likeness (QED) is 0.528. The van der Waals surface area contributed by atoms with Crippen LogP contribution in [0, 0.1) is 5.82 Å². The molecule has 0 saturated carbocycles. The van der Waals surface area contributed by atoms with Gasteiger partial charge in [-0.05, 0) is 42.0 Å². The molecule has 5 nitrogen and oxygen atoms in total. The summed E-state index contributed by atoms with van der Waals surface area (Å²) >= 11 is 0. The molecule has 2 heterocycles. The molecule has 1 aromatic heterocycles. The van der Waals surface area contributed by atoms with E-state index in [9.17, 15) is 9.18 Å². The number of amides is 1. The van der Waals surface area contributed by atoms with E-state index in [0.29, 0.717) is 16.8 Å². The van der Waals surface area contributed by atoms with Gasteiger partial charge >= 0.3 is 0 Å². The standard InChI is InChI=1S/C23H15FN4O/c24-17-10-11-21-19(13-17)20(23(29)25-21)12-15-6-8-16(9-7-15)22-14-28(27-26-22)18-4-2-1-3-5-18/h1-14H,(H,25,29). The van der Waals surface area contributed by atoms with Gasteiger partial charge in [-0.1, -0.05) is 47.7 Å². The maximum atomic E-state index is 13.6. The first-order chi connectivity index (χ1) is 14.2. The zero-order chi connectivity index (χ0) is 19.8. The minimum absolute atomic E-state index is 0.236. The average molecular weight is 382 g/mol. The average Bonchev–Trinajstić information content (AvgIpc) is 3.35. The highest BCUT2D eigenvalue weighted by molar-refractivity contribution is 6.34. The Labute approximate surface area is 166 Å². The third kappa shape index (κ3) is 3.21. The highest BCUT2D eigenvalue weighted by Gasteiger charge is 2.24. The second kappa shape index (κ2) is 6.83. The molecule has 0 aliphatic carbocycles. The Bertz CT molecular complexity index is 1240. The fraction of sp³-hybridized carbons (Fsp3) is 0. The van der Waals surface area contributed by atoms with Crippen LogP contribution in [0.25, 0.3) is 28.6 Å². The minimum Gasteiger partial charge on any atom is -0.321 e. The zero-order valence-electron chi connectivity index (χ0n) is 15.2. The number of carbonyl (C=O) groups excluding carboxylic acids is 1. The number of nitrogens with one attached hydrogen (secondary N) is 1. The molecule has 5 rings (SSSR count). The Hall–Kier alpha value is -4.06. The lowest BCUT2D eigenvalue weighted by Crippen LogP contribution is -2.03. The highest BCUT2D eigenvalue weighted by atomic mass is 19.1. The number of hydrogen-bond donors (Lipinski definition) is 1. The molecule has 4 aromatic rings. The molecule has 0 bridgehead atoms. The highest BCUT2D eigenvalue weighted by Crippen LogP contribution is 2.33. The number of benzene rings is 3. The van der Waals surface area contributed by atoms with Crippen LogP contribution < -0.4 is 5.32 Å². The van der Waals surface area contributed by atoms with Crippen molar-refractivity contribution in [2.75, 3.05) is 5.32 Å². The maximum absolute atomic E-state index is 13.6. The minimum atomic E-state index is -0.372. The van der Waals surface area contributed by atoms with Crippen molar-refractivity contribution >= 4 is 23.2 Å². The fourth-order valence-corrected chi connectivity index (χ4v) is 3.32. The third-order valence-electron chi connectivity index (χ3n) is 4.80. The van der Waals surface area contributed by atoms with Crippen LogP contribution in [-0.4, -0.2) is 20.9 Å². The monoisotopic (exact) mass is 382 g/mol. The molecule has 0 unspecified atom stereocenters. The lowest BCUT2D eigenvalue weighted by Gasteiger charge is -2.01. The molecule has 1 aliphatic heterocycles. The first-order valence-electron chi connectivity index (χ1n) is 9.08. The molecule has 0 spiro atoms. The smallest absolute Gasteiger partial charge is 0.256 e. The second-order valence-electron chi connectivity index (χ2n) is 6.71. The van der Waals surface area contributed by atoms with Crippen molar-refractivity contribution in [2.45, 2.75) is 0 Å². The van der Waals surface area contributed by atoms with Crippen LogP contribution in [0.3, 0.4) is 0 Å². The summed E-state index contributed by atoms with van der Waals surface area (Å²) in [7, 11) is 0. The molecule has 0 saturated heterocycles. The zero-order valence-corrected chi connectivity index (χ0v) is 15.2. The first kappa shape index (κ1) is 17.1. The van der Waals surface area contributed by atoms with E-state index >= 15 is 0 Å². The van der Waals surface area contributed by atoms with E-state index in [4.69, 9.17) is 0 Å². The SMILES string of the molecule is O=C1Nc2ccc(F)cc2C1=Cc1ccc(-c2cn(-c3ccccc3)nn2)cc1. The van der Waals surface area contributed by atoms with Crippen molar-refractivity contribution < 1.29 is 9.18 Å². The Kier molecular flexibility index (Phi) is 4.02. The van der Waals surface area contributed by atoms with Crippen molar-refractivity contribution in [1.29, 1.82) is 0 Å². The molecule has 0 fully saturated rings. The number of para-hydroxylation sites is 1. The Morgan fingerprint density at radius 1 is 0.966 bits per heavy atom. The maximum Gasteiger partial charge on any atom is 0.256 e. The van der Waals surface area contributed by atoms with Gasteiger partial charge in [0.2, 0.25) is 0 Å². The molecule has 0 radical (unpaired) electrons. The number of nitrogens with zero attached hydrogens (tertiary/aromatic N) is 3. The van der Waals surface area contributed by atoms with E-state index in [2.05, 4.69) is 15.6 Å². The van der Waals surface area contributed by atoms with Crippen LogP contribution in [0.15, 0.2) is 79.0 Å². The molecule has 0 atom stereocenters. The summed E-state index contributed by atoms with van der Waals surface area (Å²) in [5, 5.41) is 11.2.